The summed E-state index contributed by atoms with van der Waals surface area (Å²) in [6.45, 7) is 1.03. The normalized spacial score (nSPS) is 10.2. The van der Waals surface area contributed by atoms with E-state index in [0.717, 1.165) is 6.07 Å². The molecule has 0 saturated carbocycles. The Bertz CT molecular complexity index is 857. The van der Waals surface area contributed by atoms with Crippen molar-refractivity contribution < 1.29 is 18.8 Å². The molecule has 0 radical (unpaired) electrons. The molecule has 0 heterocycles. The van der Waals surface area contributed by atoms with Gasteiger partial charge in [-0.3, -0.25) is 14.4 Å². The standard InChI is InChI=1S/C18H17ClFN3O3/c1-11(24)21-16-8-12(6-7-15(16)20)18(26)23(2)10-17(25)22-14-5-3-4-13(19)9-14/h3-9H,10H2,1-2H3,(H,21,24)(H,22,25). The lowest BCUT2D eigenvalue weighted by Gasteiger charge is -2.17. The maximum absolute atomic E-state index is 13.7. The van der Waals surface area contributed by atoms with Crippen LogP contribution in [0.2, 0.25) is 5.02 Å². The Morgan fingerprint density at radius 3 is 2.50 bits per heavy atom. The summed E-state index contributed by atoms with van der Waals surface area (Å²) < 4.78 is 13.7. The Morgan fingerprint density at radius 2 is 1.85 bits per heavy atom. The minimum atomic E-state index is -0.655. The van der Waals surface area contributed by atoms with Crippen LogP contribution in [0.25, 0.3) is 0 Å². The summed E-state index contributed by atoms with van der Waals surface area (Å²) in [5.74, 6) is -2.01. The topological polar surface area (TPSA) is 78.5 Å². The van der Waals surface area contributed by atoms with E-state index in [4.69, 9.17) is 11.6 Å². The molecule has 0 spiro atoms. The van der Waals surface area contributed by atoms with Crippen LogP contribution in [-0.2, 0) is 9.59 Å². The van der Waals surface area contributed by atoms with E-state index in [1.165, 1.54) is 31.0 Å². The van der Waals surface area contributed by atoms with Crippen molar-refractivity contribution in [3.63, 3.8) is 0 Å². The van der Waals surface area contributed by atoms with E-state index >= 15 is 0 Å². The van der Waals surface area contributed by atoms with Gasteiger partial charge in [0.05, 0.1) is 12.2 Å². The van der Waals surface area contributed by atoms with Gasteiger partial charge in [-0.05, 0) is 36.4 Å². The zero-order chi connectivity index (χ0) is 19.3. The molecule has 2 rings (SSSR count). The number of amides is 3. The summed E-state index contributed by atoms with van der Waals surface area (Å²) >= 11 is 5.85. The summed E-state index contributed by atoms with van der Waals surface area (Å²) in [6.07, 6.45) is 0. The molecule has 136 valence electrons. The molecule has 0 aliphatic rings. The predicted octanol–water partition coefficient (Wildman–Crippen LogP) is 3.15. The quantitative estimate of drug-likeness (QED) is 0.840. The molecule has 2 aromatic carbocycles. The fraction of sp³-hybridized carbons (Fsp3) is 0.167. The first kappa shape index (κ1) is 19.4. The van der Waals surface area contributed by atoms with E-state index < -0.39 is 23.5 Å². The zero-order valence-electron chi connectivity index (χ0n) is 14.2. The van der Waals surface area contributed by atoms with Crippen LogP contribution in [0.1, 0.15) is 17.3 Å². The number of carbonyl (C=O) groups excluding carboxylic acids is 3. The van der Waals surface area contributed by atoms with Crippen molar-refractivity contribution >= 4 is 40.7 Å². The van der Waals surface area contributed by atoms with E-state index in [0.29, 0.717) is 10.7 Å². The first-order valence-electron chi connectivity index (χ1n) is 7.64. The highest BCUT2D eigenvalue weighted by atomic mass is 35.5. The Hall–Kier alpha value is -2.93. The molecular formula is C18H17ClFN3O3. The van der Waals surface area contributed by atoms with E-state index in [1.54, 1.807) is 24.3 Å². The molecular weight excluding hydrogens is 361 g/mol. The van der Waals surface area contributed by atoms with E-state index in [2.05, 4.69) is 10.6 Å². The molecule has 6 nitrogen and oxygen atoms in total. The van der Waals surface area contributed by atoms with Gasteiger partial charge in [0.15, 0.2) is 0 Å². The fourth-order valence-electron chi connectivity index (χ4n) is 2.22. The first-order valence-corrected chi connectivity index (χ1v) is 8.02. The third-order valence-corrected chi connectivity index (χ3v) is 3.59. The molecule has 0 aromatic heterocycles. The molecule has 0 unspecified atom stereocenters. The zero-order valence-corrected chi connectivity index (χ0v) is 14.9. The molecule has 8 heteroatoms. The number of likely N-dealkylation sites (N-methyl/N-ethyl adjacent to an activating group) is 1. The molecule has 0 aliphatic carbocycles. The maximum atomic E-state index is 13.7. The first-order chi connectivity index (χ1) is 12.3. The number of nitrogens with zero attached hydrogens (tertiary/aromatic N) is 1. The van der Waals surface area contributed by atoms with Crippen LogP contribution in [0.3, 0.4) is 0 Å². The molecule has 3 amide bonds. The summed E-state index contributed by atoms with van der Waals surface area (Å²) in [4.78, 5) is 36.8. The smallest absolute Gasteiger partial charge is 0.254 e. The average Bonchev–Trinajstić information content (AvgIpc) is 2.55. The van der Waals surface area contributed by atoms with Crippen LogP contribution in [-0.4, -0.2) is 36.2 Å². The lowest BCUT2D eigenvalue weighted by molar-refractivity contribution is -0.116. The van der Waals surface area contributed by atoms with Gasteiger partial charge in [-0.25, -0.2) is 4.39 Å². The molecule has 2 aromatic rings. The van der Waals surface area contributed by atoms with Crippen LogP contribution in [0, 0.1) is 5.82 Å². The van der Waals surface area contributed by atoms with Crippen molar-refractivity contribution in [1.29, 1.82) is 0 Å². The van der Waals surface area contributed by atoms with Crippen LogP contribution in [0.4, 0.5) is 15.8 Å². The predicted molar refractivity (Wildman–Crippen MR) is 97.7 cm³/mol. The molecule has 0 fully saturated rings. The number of hydrogen-bond donors (Lipinski definition) is 2. The van der Waals surface area contributed by atoms with E-state index in [9.17, 15) is 18.8 Å². The van der Waals surface area contributed by atoms with Gasteiger partial charge >= 0.3 is 0 Å². The summed E-state index contributed by atoms with van der Waals surface area (Å²) in [6, 6.07) is 10.2. The van der Waals surface area contributed by atoms with Crippen molar-refractivity contribution in [2.24, 2.45) is 0 Å². The Morgan fingerprint density at radius 1 is 1.12 bits per heavy atom. The number of rotatable bonds is 5. The third kappa shape index (κ3) is 5.29. The van der Waals surface area contributed by atoms with Gasteiger partial charge in [0, 0.05) is 30.2 Å². The van der Waals surface area contributed by atoms with Crippen LogP contribution in [0.5, 0.6) is 0 Å². The number of carbonyl (C=O) groups is 3. The minimum absolute atomic E-state index is 0.0971. The molecule has 0 atom stereocenters. The van der Waals surface area contributed by atoms with Crippen molar-refractivity contribution in [1.82, 2.24) is 4.90 Å². The van der Waals surface area contributed by atoms with Gasteiger partial charge in [0.2, 0.25) is 11.8 Å². The Balaban J connectivity index is 2.04. The maximum Gasteiger partial charge on any atom is 0.254 e. The van der Waals surface area contributed by atoms with Crippen LogP contribution < -0.4 is 10.6 Å². The van der Waals surface area contributed by atoms with Gasteiger partial charge in [0.25, 0.3) is 5.91 Å². The second-order valence-electron chi connectivity index (χ2n) is 5.60. The van der Waals surface area contributed by atoms with E-state index in [-0.39, 0.29) is 17.8 Å². The van der Waals surface area contributed by atoms with Gasteiger partial charge < -0.3 is 15.5 Å². The van der Waals surface area contributed by atoms with Gasteiger partial charge in [-0.15, -0.1) is 0 Å². The number of halogens is 2. The monoisotopic (exact) mass is 377 g/mol. The minimum Gasteiger partial charge on any atom is -0.332 e. The second-order valence-corrected chi connectivity index (χ2v) is 6.03. The van der Waals surface area contributed by atoms with Crippen molar-refractivity contribution in [3.05, 3.63) is 58.9 Å². The molecule has 2 N–H and O–H groups in total. The molecule has 0 aliphatic heterocycles. The van der Waals surface area contributed by atoms with Crippen molar-refractivity contribution in [2.45, 2.75) is 6.92 Å². The second kappa shape index (κ2) is 8.44. The van der Waals surface area contributed by atoms with Crippen LogP contribution >= 0.6 is 11.6 Å². The molecule has 0 saturated heterocycles. The average molecular weight is 378 g/mol. The number of anilines is 2. The number of benzene rings is 2. The highest BCUT2D eigenvalue weighted by molar-refractivity contribution is 6.30. The summed E-state index contributed by atoms with van der Waals surface area (Å²) in [5, 5.41) is 5.42. The van der Waals surface area contributed by atoms with Gasteiger partial charge in [-0.2, -0.15) is 0 Å². The molecule has 26 heavy (non-hydrogen) atoms. The summed E-state index contributed by atoms with van der Waals surface area (Å²) in [7, 11) is 1.45. The van der Waals surface area contributed by atoms with Crippen LogP contribution in [0.15, 0.2) is 42.5 Å². The number of nitrogens with one attached hydrogen (secondary N) is 2. The van der Waals surface area contributed by atoms with Crippen molar-refractivity contribution in [2.75, 3.05) is 24.2 Å². The Kier molecular flexibility index (Phi) is 6.30. The summed E-state index contributed by atoms with van der Waals surface area (Å²) in [5.41, 5.74) is 0.561. The third-order valence-electron chi connectivity index (χ3n) is 3.36. The largest absolute Gasteiger partial charge is 0.332 e. The van der Waals surface area contributed by atoms with Gasteiger partial charge in [-0.1, -0.05) is 17.7 Å². The Labute approximate surface area is 154 Å². The number of hydrogen-bond acceptors (Lipinski definition) is 3. The lowest BCUT2D eigenvalue weighted by atomic mass is 10.1. The highest BCUT2D eigenvalue weighted by Crippen LogP contribution is 2.18. The SMILES string of the molecule is CC(=O)Nc1cc(C(=O)N(C)CC(=O)Nc2cccc(Cl)c2)ccc1F. The highest BCUT2D eigenvalue weighted by Gasteiger charge is 2.17. The van der Waals surface area contributed by atoms with Gasteiger partial charge in [0.1, 0.15) is 5.82 Å². The molecule has 0 bridgehead atoms. The lowest BCUT2D eigenvalue weighted by Crippen LogP contribution is -2.35. The fourth-order valence-corrected chi connectivity index (χ4v) is 2.41. The van der Waals surface area contributed by atoms with E-state index in [1.807, 2.05) is 0 Å². The van der Waals surface area contributed by atoms with Crippen molar-refractivity contribution in [3.8, 4) is 0 Å².